The largest absolute Gasteiger partial charge is 0.453 e. The van der Waals surface area contributed by atoms with Crippen molar-refractivity contribution in [3.05, 3.63) is 36.0 Å². The number of amides is 2. The van der Waals surface area contributed by atoms with E-state index in [0.717, 1.165) is 29.3 Å². The number of hydrogen-bond donors (Lipinski definition) is 1. The lowest BCUT2D eigenvalue weighted by Gasteiger charge is -2.31. The molecule has 2 aromatic rings. The van der Waals surface area contributed by atoms with Gasteiger partial charge in [-0.15, -0.1) is 0 Å². The summed E-state index contributed by atoms with van der Waals surface area (Å²) in [6, 6.07) is 8.22. The minimum Gasteiger partial charge on any atom is -0.453 e. The molecule has 1 aromatic heterocycles. The molecule has 3 rings (SSSR count). The van der Waals surface area contributed by atoms with E-state index in [1.807, 2.05) is 36.0 Å². The number of likely N-dealkylation sites (tertiary alicyclic amines) is 1. The van der Waals surface area contributed by atoms with E-state index in [-0.39, 0.29) is 18.0 Å². The molecule has 0 saturated carbocycles. The Morgan fingerprint density at radius 1 is 1.25 bits per heavy atom. The van der Waals surface area contributed by atoms with Gasteiger partial charge < -0.3 is 19.5 Å². The fraction of sp³-hybridized carbons (Fsp3) is 0.444. The Hall–Kier alpha value is -2.50. The van der Waals surface area contributed by atoms with Crippen LogP contribution in [0.15, 0.2) is 30.5 Å². The number of piperidine rings is 1. The highest BCUT2D eigenvalue weighted by atomic mass is 16.5. The quantitative estimate of drug-likeness (QED) is 0.937. The molecule has 0 radical (unpaired) electrons. The first kappa shape index (κ1) is 16.4. The topological polar surface area (TPSA) is 63.6 Å². The molecule has 2 amide bonds. The summed E-state index contributed by atoms with van der Waals surface area (Å²) in [6.07, 6.45) is 3.62. The van der Waals surface area contributed by atoms with E-state index in [1.54, 1.807) is 4.90 Å². The average Bonchev–Trinajstić information content (AvgIpc) is 2.91. The van der Waals surface area contributed by atoms with E-state index in [4.69, 9.17) is 4.74 Å². The molecule has 0 bridgehead atoms. The number of hydrogen-bond acceptors (Lipinski definition) is 3. The smallest absolute Gasteiger partial charge is 0.409 e. The number of carbonyl (C=O) groups excluding carboxylic acids is 2. The van der Waals surface area contributed by atoms with E-state index in [1.165, 1.54) is 7.11 Å². The SMILES string of the molecule is COC(=O)N1CCC(NC(=O)Cc2cn(C)c3ccccc23)CC1. The van der Waals surface area contributed by atoms with Gasteiger partial charge in [0.1, 0.15) is 0 Å². The van der Waals surface area contributed by atoms with Crippen molar-refractivity contribution in [1.29, 1.82) is 0 Å². The third-order valence-corrected chi connectivity index (χ3v) is 4.62. The maximum atomic E-state index is 12.4. The number of para-hydroxylation sites is 1. The molecule has 24 heavy (non-hydrogen) atoms. The van der Waals surface area contributed by atoms with Gasteiger partial charge >= 0.3 is 6.09 Å². The van der Waals surface area contributed by atoms with Crippen LogP contribution in [-0.4, -0.2) is 47.7 Å². The summed E-state index contributed by atoms with van der Waals surface area (Å²) < 4.78 is 6.77. The molecule has 1 aliphatic heterocycles. The van der Waals surface area contributed by atoms with Crippen molar-refractivity contribution < 1.29 is 14.3 Å². The lowest BCUT2D eigenvalue weighted by Crippen LogP contribution is -2.46. The van der Waals surface area contributed by atoms with Crippen molar-refractivity contribution in [2.75, 3.05) is 20.2 Å². The van der Waals surface area contributed by atoms with Crippen LogP contribution in [0.2, 0.25) is 0 Å². The van der Waals surface area contributed by atoms with Crippen LogP contribution in [0.5, 0.6) is 0 Å². The molecule has 0 atom stereocenters. The number of rotatable bonds is 3. The minimum atomic E-state index is -0.296. The molecule has 1 fully saturated rings. The fourth-order valence-electron chi connectivity index (χ4n) is 3.35. The monoisotopic (exact) mass is 329 g/mol. The van der Waals surface area contributed by atoms with Crippen LogP contribution < -0.4 is 5.32 Å². The van der Waals surface area contributed by atoms with Crippen LogP contribution in [0.4, 0.5) is 4.79 Å². The highest BCUT2D eigenvalue weighted by Gasteiger charge is 2.24. The van der Waals surface area contributed by atoms with Crippen LogP contribution in [0.25, 0.3) is 10.9 Å². The van der Waals surface area contributed by atoms with Gasteiger partial charge in [0, 0.05) is 43.3 Å². The van der Waals surface area contributed by atoms with E-state index < -0.39 is 0 Å². The van der Waals surface area contributed by atoms with Gasteiger partial charge in [-0.1, -0.05) is 18.2 Å². The van der Waals surface area contributed by atoms with Crippen LogP contribution in [0, 0.1) is 0 Å². The number of benzene rings is 1. The Balaban J connectivity index is 1.57. The second-order valence-corrected chi connectivity index (χ2v) is 6.26. The van der Waals surface area contributed by atoms with Crippen LogP contribution in [0.3, 0.4) is 0 Å². The Kier molecular flexibility index (Phi) is 4.74. The lowest BCUT2D eigenvalue weighted by atomic mass is 10.0. The normalized spacial score (nSPS) is 15.5. The Morgan fingerprint density at radius 3 is 2.67 bits per heavy atom. The summed E-state index contributed by atoms with van der Waals surface area (Å²) in [7, 11) is 3.38. The Labute approximate surface area is 141 Å². The summed E-state index contributed by atoms with van der Waals surface area (Å²) in [5.41, 5.74) is 2.17. The van der Waals surface area contributed by atoms with Gasteiger partial charge in [-0.05, 0) is 24.5 Å². The van der Waals surface area contributed by atoms with Crippen molar-refractivity contribution >= 4 is 22.9 Å². The van der Waals surface area contributed by atoms with Gasteiger partial charge in [0.05, 0.1) is 13.5 Å². The molecule has 2 heterocycles. The third-order valence-electron chi connectivity index (χ3n) is 4.62. The number of nitrogens with zero attached hydrogens (tertiary/aromatic N) is 2. The number of carbonyl (C=O) groups is 2. The Morgan fingerprint density at radius 2 is 1.96 bits per heavy atom. The number of fused-ring (bicyclic) bond motifs is 1. The fourth-order valence-corrected chi connectivity index (χ4v) is 3.35. The third kappa shape index (κ3) is 3.37. The number of methoxy groups -OCH3 is 1. The van der Waals surface area contributed by atoms with Crippen LogP contribution in [-0.2, 0) is 23.0 Å². The summed E-state index contributed by atoms with van der Waals surface area (Å²) in [6.45, 7) is 1.23. The van der Waals surface area contributed by atoms with Crippen molar-refractivity contribution in [3.63, 3.8) is 0 Å². The highest BCUT2D eigenvalue weighted by molar-refractivity contribution is 5.89. The van der Waals surface area contributed by atoms with Crippen LogP contribution in [0.1, 0.15) is 18.4 Å². The first-order chi connectivity index (χ1) is 11.6. The maximum absolute atomic E-state index is 12.4. The Bertz CT molecular complexity index is 745. The average molecular weight is 329 g/mol. The van der Waals surface area contributed by atoms with Crippen molar-refractivity contribution in [3.8, 4) is 0 Å². The second-order valence-electron chi connectivity index (χ2n) is 6.26. The van der Waals surface area contributed by atoms with Gasteiger partial charge in [-0.3, -0.25) is 4.79 Å². The molecule has 6 heteroatoms. The molecule has 1 N–H and O–H groups in total. The summed E-state index contributed by atoms with van der Waals surface area (Å²) in [5, 5.41) is 4.21. The minimum absolute atomic E-state index is 0.0304. The van der Waals surface area contributed by atoms with Crippen molar-refractivity contribution in [2.45, 2.75) is 25.3 Å². The van der Waals surface area contributed by atoms with Gasteiger partial charge in [0.2, 0.25) is 5.91 Å². The zero-order valence-corrected chi connectivity index (χ0v) is 14.1. The van der Waals surface area contributed by atoms with E-state index in [9.17, 15) is 9.59 Å². The number of aryl methyl sites for hydroxylation is 1. The number of aromatic nitrogens is 1. The van der Waals surface area contributed by atoms with E-state index >= 15 is 0 Å². The molecule has 6 nitrogen and oxygen atoms in total. The molecule has 0 unspecified atom stereocenters. The zero-order chi connectivity index (χ0) is 17.1. The number of ether oxygens (including phenoxy) is 1. The number of nitrogens with one attached hydrogen (secondary N) is 1. The zero-order valence-electron chi connectivity index (χ0n) is 14.1. The van der Waals surface area contributed by atoms with Gasteiger partial charge in [-0.2, -0.15) is 0 Å². The second kappa shape index (κ2) is 6.95. The van der Waals surface area contributed by atoms with Gasteiger partial charge in [-0.25, -0.2) is 4.79 Å². The van der Waals surface area contributed by atoms with Crippen molar-refractivity contribution in [2.24, 2.45) is 7.05 Å². The molecule has 0 aliphatic carbocycles. The van der Waals surface area contributed by atoms with Gasteiger partial charge in [0.15, 0.2) is 0 Å². The molecule has 1 aliphatic rings. The standard InChI is InChI=1S/C18H23N3O3/c1-20-12-13(15-5-3-4-6-16(15)20)11-17(22)19-14-7-9-21(10-8-14)18(23)24-2/h3-6,12,14H,7-11H2,1-2H3,(H,19,22). The first-order valence-corrected chi connectivity index (χ1v) is 8.23. The van der Waals surface area contributed by atoms with E-state index in [2.05, 4.69) is 11.4 Å². The van der Waals surface area contributed by atoms with Gasteiger partial charge in [0.25, 0.3) is 0 Å². The predicted octanol–water partition coefficient (Wildman–Crippen LogP) is 2.07. The maximum Gasteiger partial charge on any atom is 0.409 e. The lowest BCUT2D eigenvalue weighted by molar-refractivity contribution is -0.121. The summed E-state index contributed by atoms with van der Waals surface area (Å²) in [4.78, 5) is 25.5. The molecule has 128 valence electrons. The molecular formula is C18H23N3O3. The molecule has 0 spiro atoms. The predicted molar refractivity (Wildman–Crippen MR) is 91.8 cm³/mol. The summed E-state index contributed by atoms with van der Waals surface area (Å²) in [5.74, 6) is 0.0304. The van der Waals surface area contributed by atoms with E-state index in [0.29, 0.717) is 19.5 Å². The van der Waals surface area contributed by atoms with Crippen molar-refractivity contribution in [1.82, 2.24) is 14.8 Å². The summed E-state index contributed by atoms with van der Waals surface area (Å²) >= 11 is 0. The molecule has 1 aromatic carbocycles. The molecule has 1 saturated heterocycles. The molecular weight excluding hydrogens is 306 g/mol. The highest BCUT2D eigenvalue weighted by Crippen LogP contribution is 2.21. The first-order valence-electron chi connectivity index (χ1n) is 8.23. The van der Waals surface area contributed by atoms with Crippen LogP contribution >= 0.6 is 0 Å².